The van der Waals surface area contributed by atoms with E-state index in [9.17, 15) is 5.26 Å². The maximum absolute atomic E-state index is 9.57. The van der Waals surface area contributed by atoms with Crippen molar-refractivity contribution in [3.05, 3.63) is 47.8 Å². The lowest BCUT2D eigenvalue weighted by Crippen LogP contribution is -2.16. The predicted octanol–water partition coefficient (Wildman–Crippen LogP) is 3.41. The van der Waals surface area contributed by atoms with Crippen molar-refractivity contribution in [2.45, 2.75) is 0 Å². The van der Waals surface area contributed by atoms with Crippen LogP contribution in [0.5, 0.6) is 17.2 Å². The normalized spacial score (nSPS) is 13.5. The molecule has 0 radical (unpaired) electrons. The van der Waals surface area contributed by atoms with Gasteiger partial charge < -0.3 is 19.2 Å². The summed E-state index contributed by atoms with van der Waals surface area (Å²) in [6, 6.07) is 13.5. The van der Waals surface area contributed by atoms with Crippen LogP contribution >= 0.6 is 0 Å². The first-order valence-corrected chi connectivity index (χ1v) is 7.83. The van der Waals surface area contributed by atoms with Crippen LogP contribution in [0.4, 0.5) is 0 Å². The molecule has 1 N–H and O–H groups in total. The molecule has 4 rings (SSSR count). The van der Waals surface area contributed by atoms with E-state index in [2.05, 4.69) is 16.0 Å². The zero-order valence-corrected chi connectivity index (χ0v) is 13.6. The lowest BCUT2D eigenvalue weighted by atomic mass is 10.1. The lowest BCUT2D eigenvalue weighted by Gasteiger charge is -2.21. The fraction of sp³-hybridized carbons (Fsp3) is 0.158. The minimum absolute atomic E-state index is 0.426. The molecule has 1 aliphatic heterocycles. The number of fused-ring (bicyclic) bond motifs is 2. The maximum atomic E-state index is 9.57. The summed E-state index contributed by atoms with van der Waals surface area (Å²) in [5.41, 5.74) is 2.91. The summed E-state index contributed by atoms with van der Waals surface area (Å²) in [4.78, 5) is 7.65. The van der Waals surface area contributed by atoms with Crippen LogP contribution in [0.1, 0.15) is 11.4 Å². The molecule has 0 saturated carbocycles. The number of nitriles is 1. The number of allylic oxidation sites excluding steroid dienone is 1. The Kier molecular flexibility index (Phi) is 3.75. The summed E-state index contributed by atoms with van der Waals surface area (Å²) in [6.07, 6.45) is 1.75. The standard InChI is InChI=1S/C19H15N3O3/c1-23-16-9-12(10-17-18(16)25-7-6-24-17)8-13(11-20)19-21-14-4-2-3-5-15(14)22-19/h2-5,8-10H,6-7H2,1H3,(H,21,22). The van der Waals surface area contributed by atoms with Gasteiger partial charge in [0, 0.05) is 0 Å². The van der Waals surface area contributed by atoms with Gasteiger partial charge in [-0.25, -0.2) is 4.98 Å². The third-order valence-electron chi connectivity index (χ3n) is 3.93. The van der Waals surface area contributed by atoms with Gasteiger partial charge in [-0.1, -0.05) is 12.1 Å². The Balaban J connectivity index is 1.79. The molecule has 0 aliphatic carbocycles. The van der Waals surface area contributed by atoms with Crippen LogP contribution in [0, 0.1) is 11.3 Å². The predicted molar refractivity (Wildman–Crippen MR) is 93.6 cm³/mol. The van der Waals surface area contributed by atoms with Crippen LogP contribution in [-0.4, -0.2) is 30.3 Å². The summed E-state index contributed by atoms with van der Waals surface area (Å²) >= 11 is 0. The van der Waals surface area contributed by atoms with Crippen molar-refractivity contribution in [3.8, 4) is 23.3 Å². The molecule has 124 valence electrons. The van der Waals surface area contributed by atoms with E-state index in [1.165, 1.54) is 0 Å². The second-order valence-corrected chi connectivity index (χ2v) is 5.52. The highest BCUT2D eigenvalue weighted by atomic mass is 16.6. The van der Waals surface area contributed by atoms with Crippen LogP contribution in [0.25, 0.3) is 22.7 Å². The molecule has 6 heteroatoms. The van der Waals surface area contributed by atoms with E-state index < -0.39 is 0 Å². The van der Waals surface area contributed by atoms with Crippen molar-refractivity contribution in [1.29, 1.82) is 5.26 Å². The Hall–Kier alpha value is -3.46. The number of ether oxygens (including phenoxy) is 3. The average molecular weight is 333 g/mol. The number of nitrogens with zero attached hydrogens (tertiary/aromatic N) is 2. The van der Waals surface area contributed by atoms with Gasteiger partial charge in [-0.05, 0) is 35.9 Å². The third kappa shape index (κ3) is 2.76. The summed E-state index contributed by atoms with van der Waals surface area (Å²) < 4.78 is 16.6. The lowest BCUT2D eigenvalue weighted by molar-refractivity contribution is 0.165. The third-order valence-corrected chi connectivity index (χ3v) is 3.93. The number of para-hydroxylation sites is 2. The van der Waals surface area contributed by atoms with E-state index in [1.807, 2.05) is 36.4 Å². The van der Waals surface area contributed by atoms with Crippen molar-refractivity contribution < 1.29 is 14.2 Å². The van der Waals surface area contributed by atoms with E-state index in [0.717, 1.165) is 16.6 Å². The van der Waals surface area contributed by atoms with Gasteiger partial charge in [0.25, 0.3) is 0 Å². The topological polar surface area (TPSA) is 80.2 Å². The molecule has 0 atom stereocenters. The first kappa shape index (κ1) is 15.1. The molecule has 0 spiro atoms. The summed E-state index contributed by atoms with van der Waals surface area (Å²) in [5, 5.41) is 9.57. The number of benzene rings is 2. The molecule has 1 aromatic heterocycles. The number of aromatic nitrogens is 2. The largest absolute Gasteiger partial charge is 0.493 e. The number of methoxy groups -OCH3 is 1. The Labute approximate surface area is 144 Å². The Morgan fingerprint density at radius 1 is 1.28 bits per heavy atom. The van der Waals surface area contributed by atoms with Crippen LogP contribution in [-0.2, 0) is 0 Å². The van der Waals surface area contributed by atoms with E-state index >= 15 is 0 Å². The number of imidazole rings is 1. The molecule has 0 unspecified atom stereocenters. The molecular weight excluding hydrogens is 318 g/mol. The highest BCUT2D eigenvalue weighted by Gasteiger charge is 2.18. The van der Waals surface area contributed by atoms with Gasteiger partial charge in [-0.15, -0.1) is 0 Å². The first-order valence-electron chi connectivity index (χ1n) is 7.83. The van der Waals surface area contributed by atoms with Gasteiger partial charge in [0.1, 0.15) is 25.1 Å². The Bertz CT molecular complexity index is 964. The molecule has 3 aromatic rings. The van der Waals surface area contributed by atoms with Crippen LogP contribution in [0.15, 0.2) is 36.4 Å². The smallest absolute Gasteiger partial charge is 0.203 e. The summed E-state index contributed by atoms with van der Waals surface area (Å²) in [7, 11) is 1.57. The van der Waals surface area contributed by atoms with Gasteiger partial charge in [0.05, 0.1) is 23.7 Å². The van der Waals surface area contributed by atoms with Crippen molar-refractivity contribution >= 4 is 22.7 Å². The molecule has 0 amide bonds. The SMILES string of the molecule is COc1cc(C=C(C#N)c2nc3ccccc3[nH]2)cc2c1OCCO2. The molecule has 2 aromatic carbocycles. The van der Waals surface area contributed by atoms with Crippen molar-refractivity contribution in [3.63, 3.8) is 0 Å². The fourth-order valence-corrected chi connectivity index (χ4v) is 2.78. The van der Waals surface area contributed by atoms with Gasteiger partial charge in [-0.3, -0.25) is 0 Å². The molecule has 0 bridgehead atoms. The summed E-state index contributed by atoms with van der Waals surface area (Å²) in [5.74, 6) is 2.30. The van der Waals surface area contributed by atoms with Gasteiger partial charge in [0.2, 0.25) is 5.75 Å². The summed E-state index contributed by atoms with van der Waals surface area (Å²) in [6.45, 7) is 0.971. The Morgan fingerprint density at radius 2 is 2.12 bits per heavy atom. The van der Waals surface area contributed by atoms with Crippen LogP contribution in [0.2, 0.25) is 0 Å². The second kappa shape index (κ2) is 6.21. The number of nitrogens with one attached hydrogen (secondary N) is 1. The highest BCUT2D eigenvalue weighted by molar-refractivity contribution is 5.90. The van der Waals surface area contributed by atoms with Gasteiger partial charge in [-0.2, -0.15) is 5.26 Å². The first-order chi connectivity index (χ1) is 12.3. The number of hydrogen-bond donors (Lipinski definition) is 1. The molecule has 6 nitrogen and oxygen atoms in total. The number of aromatic amines is 1. The van der Waals surface area contributed by atoms with Crippen LogP contribution in [0.3, 0.4) is 0 Å². The molecule has 2 heterocycles. The maximum Gasteiger partial charge on any atom is 0.203 e. The highest BCUT2D eigenvalue weighted by Crippen LogP contribution is 2.41. The average Bonchev–Trinajstić information content (AvgIpc) is 3.09. The molecule has 1 aliphatic rings. The van der Waals surface area contributed by atoms with E-state index in [1.54, 1.807) is 13.2 Å². The van der Waals surface area contributed by atoms with E-state index in [4.69, 9.17) is 14.2 Å². The van der Waals surface area contributed by atoms with Crippen molar-refractivity contribution in [2.75, 3.05) is 20.3 Å². The van der Waals surface area contributed by atoms with Gasteiger partial charge in [0.15, 0.2) is 11.5 Å². The monoisotopic (exact) mass is 333 g/mol. The number of H-pyrrole nitrogens is 1. The van der Waals surface area contributed by atoms with Gasteiger partial charge >= 0.3 is 0 Å². The fourth-order valence-electron chi connectivity index (χ4n) is 2.78. The molecular formula is C19H15N3O3. The van der Waals surface area contributed by atoms with Crippen molar-refractivity contribution in [2.24, 2.45) is 0 Å². The van der Waals surface area contributed by atoms with Crippen molar-refractivity contribution in [1.82, 2.24) is 9.97 Å². The van der Waals surface area contributed by atoms with E-state index in [-0.39, 0.29) is 0 Å². The van der Waals surface area contributed by atoms with Crippen LogP contribution < -0.4 is 14.2 Å². The number of rotatable bonds is 3. The number of hydrogen-bond acceptors (Lipinski definition) is 5. The minimum Gasteiger partial charge on any atom is -0.493 e. The zero-order valence-electron chi connectivity index (χ0n) is 13.6. The quantitative estimate of drug-likeness (QED) is 0.743. The molecule has 0 saturated heterocycles. The second-order valence-electron chi connectivity index (χ2n) is 5.52. The minimum atomic E-state index is 0.426. The van der Waals surface area contributed by atoms with E-state index in [0.29, 0.717) is 41.9 Å². The Morgan fingerprint density at radius 3 is 2.92 bits per heavy atom. The zero-order chi connectivity index (χ0) is 17.2. The molecule has 25 heavy (non-hydrogen) atoms. The molecule has 0 fully saturated rings.